The van der Waals surface area contributed by atoms with E-state index in [0.29, 0.717) is 23.0 Å². The summed E-state index contributed by atoms with van der Waals surface area (Å²) >= 11 is 2.86. The maximum absolute atomic E-state index is 12.0. The first-order valence-electron chi connectivity index (χ1n) is 7.86. The number of carbonyl (C=O) groups is 2. The summed E-state index contributed by atoms with van der Waals surface area (Å²) in [6.45, 7) is 0. The number of nitrogens with zero attached hydrogens (tertiary/aromatic N) is 2. The first-order chi connectivity index (χ1) is 12.5. The number of thioether (sulfide) groups is 2. The molecule has 9 heteroatoms. The lowest BCUT2D eigenvalue weighted by Gasteiger charge is -2.47. The Kier molecular flexibility index (Phi) is 4.51. The van der Waals surface area contributed by atoms with Crippen molar-refractivity contribution in [3.63, 3.8) is 0 Å². The van der Waals surface area contributed by atoms with Crippen molar-refractivity contribution in [2.75, 3.05) is 5.75 Å². The third-order valence-electron chi connectivity index (χ3n) is 4.18. The average Bonchev–Trinajstić information content (AvgIpc) is 3.15. The molecule has 1 amide bonds. The maximum Gasteiger partial charge on any atom is 0.353 e. The van der Waals surface area contributed by atoms with Gasteiger partial charge in [-0.2, -0.15) is 0 Å². The van der Waals surface area contributed by atoms with Crippen LogP contribution in [0.15, 0.2) is 56.6 Å². The molecular weight excluding hydrogens is 374 g/mol. The van der Waals surface area contributed by atoms with E-state index in [0.717, 1.165) is 10.5 Å². The lowest BCUT2D eigenvalue weighted by Crippen LogP contribution is -2.68. The zero-order valence-electron chi connectivity index (χ0n) is 13.5. The minimum Gasteiger partial charge on any atom is -0.477 e. The van der Waals surface area contributed by atoms with Crippen LogP contribution in [-0.2, 0) is 16.0 Å². The van der Waals surface area contributed by atoms with Crippen molar-refractivity contribution in [2.24, 2.45) is 5.73 Å². The molecule has 1 aromatic carbocycles. The Hall–Kier alpha value is -2.23. The number of amides is 1. The monoisotopic (exact) mass is 389 g/mol. The normalized spacial score (nSPS) is 22.2. The Morgan fingerprint density at radius 2 is 2.19 bits per heavy atom. The number of carbonyl (C=O) groups excluding carboxylic acids is 1. The second kappa shape index (κ2) is 6.82. The number of hydrogen-bond donors (Lipinski definition) is 2. The number of β-lactam (4-membered cyclic amide) rings is 1. The molecule has 1 aromatic heterocycles. The van der Waals surface area contributed by atoms with Crippen LogP contribution in [-0.4, -0.2) is 44.0 Å². The van der Waals surface area contributed by atoms with Gasteiger partial charge in [-0.3, -0.25) is 9.69 Å². The lowest BCUT2D eigenvalue weighted by molar-refractivity contribution is -0.147. The third-order valence-corrected chi connectivity index (χ3v) is 6.76. The van der Waals surface area contributed by atoms with Crippen LogP contribution in [0, 0.1) is 0 Å². The minimum atomic E-state index is -1.10. The van der Waals surface area contributed by atoms with E-state index < -0.39 is 12.0 Å². The number of carboxylic acid groups (broad SMARTS) is 1. The van der Waals surface area contributed by atoms with Crippen molar-refractivity contribution in [3.8, 4) is 0 Å². The van der Waals surface area contributed by atoms with E-state index in [1.54, 1.807) is 6.20 Å². The van der Waals surface area contributed by atoms with Crippen LogP contribution in [0.25, 0.3) is 0 Å². The topological polar surface area (TPSA) is 110 Å². The third kappa shape index (κ3) is 3.02. The second-order valence-corrected chi connectivity index (χ2v) is 8.13. The van der Waals surface area contributed by atoms with Crippen molar-refractivity contribution in [1.29, 1.82) is 0 Å². The molecule has 3 heterocycles. The number of hydrogen-bond acceptors (Lipinski definition) is 7. The van der Waals surface area contributed by atoms with Gasteiger partial charge in [-0.15, -0.1) is 11.8 Å². The summed E-state index contributed by atoms with van der Waals surface area (Å²) in [5, 5.41) is 9.29. The Labute approximate surface area is 157 Å². The smallest absolute Gasteiger partial charge is 0.353 e. The van der Waals surface area contributed by atoms with Gasteiger partial charge in [0.1, 0.15) is 23.4 Å². The molecule has 134 valence electrons. The van der Waals surface area contributed by atoms with Gasteiger partial charge < -0.3 is 15.3 Å². The summed E-state index contributed by atoms with van der Waals surface area (Å²) in [5.41, 5.74) is 6.86. The van der Waals surface area contributed by atoms with Crippen LogP contribution >= 0.6 is 23.5 Å². The van der Waals surface area contributed by atoms with E-state index in [-0.39, 0.29) is 17.0 Å². The number of fused-ring (bicyclic) bond motifs is 1. The number of aliphatic carboxylic acids is 1. The van der Waals surface area contributed by atoms with Crippen LogP contribution in [0.3, 0.4) is 0 Å². The highest BCUT2D eigenvalue weighted by Crippen LogP contribution is 2.44. The van der Waals surface area contributed by atoms with Crippen molar-refractivity contribution in [2.45, 2.75) is 22.7 Å². The van der Waals surface area contributed by atoms with Crippen LogP contribution < -0.4 is 5.73 Å². The zero-order chi connectivity index (χ0) is 18.3. The van der Waals surface area contributed by atoms with E-state index in [4.69, 9.17) is 10.2 Å². The Morgan fingerprint density at radius 3 is 2.85 bits per heavy atom. The fraction of sp³-hybridized carbons (Fsp3) is 0.235. The molecule has 26 heavy (non-hydrogen) atoms. The fourth-order valence-corrected chi connectivity index (χ4v) is 5.32. The first-order valence-corrected chi connectivity index (χ1v) is 9.73. The van der Waals surface area contributed by atoms with E-state index in [2.05, 4.69) is 4.98 Å². The number of nitrogens with two attached hydrogens (primary N) is 1. The maximum atomic E-state index is 12.0. The molecule has 2 atom stereocenters. The van der Waals surface area contributed by atoms with Gasteiger partial charge >= 0.3 is 5.97 Å². The molecule has 0 bridgehead atoms. The summed E-state index contributed by atoms with van der Waals surface area (Å²) < 4.78 is 5.24. The van der Waals surface area contributed by atoms with Gasteiger partial charge in [0.05, 0.1) is 6.20 Å². The molecule has 2 aliphatic heterocycles. The standard InChI is InChI=1S/C17H15N3O4S2/c18-13-15(21)20-14(17(22)23)11(8-25-16(13)20)26-10-3-1-9(2-4-10)7-12-19-5-6-24-12/h1-6,13,16H,7-8,18H2,(H,22,23)/t13-,16+/m1/s1. The van der Waals surface area contributed by atoms with Crippen molar-refractivity contribution in [1.82, 2.24) is 9.88 Å². The molecule has 3 N–H and O–H groups in total. The number of aromatic nitrogens is 1. The highest BCUT2D eigenvalue weighted by molar-refractivity contribution is 8.06. The van der Waals surface area contributed by atoms with E-state index >= 15 is 0 Å². The molecule has 1 saturated heterocycles. The highest BCUT2D eigenvalue weighted by Gasteiger charge is 2.51. The van der Waals surface area contributed by atoms with E-state index in [9.17, 15) is 14.7 Å². The predicted molar refractivity (Wildman–Crippen MR) is 97.3 cm³/mol. The number of carboxylic acids is 1. The van der Waals surface area contributed by atoms with Crippen molar-refractivity contribution >= 4 is 35.4 Å². The summed E-state index contributed by atoms with van der Waals surface area (Å²) in [7, 11) is 0. The summed E-state index contributed by atoms with van der Waals surface area (Å²) in [5.74, 6) is -0.270. The molecule has 7 nitrogen and oxygen atoms in total. The predicted octanol–water partition coefficient (Wildman–Crippen LogP) is 1.90. The highest BCUT2D eigenvalue weighted by atomic mass is 32.2. The summed E-state index contributed by atoms with van der Waals surface area (Å²) in [4.78, 5) is 30.6. The second-order valence-electron chi connectivity index (χ2n) is 5.86. The summed E-state index contributed by atoms with van der Waals surface area (Å²) in [6, 6.07) is 7.15. The van der Waals surface area contributed by atoms with E-state index in [1.807, 2.05) is 24.3 Å². The van der Waals surface area contributed by atoms with Gasteiger partial charge in [-0.05, 0) is 17.7 Å². The zero-order valence-corrected chi connectivity index (χ0v) is 15.1. The molecule has 4 rings (SSSR count). The quantitative estimate of drug-likeness (QED) is 0.746. The van der Waals surface area contributed by atoms with Crippen LogP contribution in [0.4, 0.5) is 0 Å². The van der Waals surface area contributed by atoms with Gasteiger partial charge in [-0.1, -0.05) is 23.9 Å². The van der Waals surface area contributed by atoms with Gasteiger partial charge in [-0.25, -0.2) is 9.78 Å². The first kappa shape index (κ1) is 17.2. The fourth-order valence-electron chi connectivity index (χ4n) is 2.90. The number of rotatable bonds is 5. The van der Waals surface area contributed by atoms with Crippen LogP contribution in [0.1, 0.15) is 11.5 Å². The lowest BCUT2D eigenvalue weighted by atomic mass is 10.1. The van der Waals surface area contributed by atoms with Gasteiger partial charge in [0.25, 0.3) is 0 Å². The molecular formula is C17H15N3O4S2. The Morgan fingerprint density at radius 1 is 1.42 bits per heavy atom. The van der Waals surface area contributed by atoms with Crippen LogP contribution in [0.5, 0.6) is 0 Å². The average molecular weight is 389 g/mol. The van der Waals surface area contributed by atoms with Gasteiger partial charge in [0, 0.05) is 22.0 Å². The Bertz CT molecular complexity index is 880. The SMILES string of the molecule is N[C@@H]1C(=O)N2C(C(=O)O)=C(Sc3ccc(Cc4ncco4)cc3)CS[C@@H]12. The van der Waals surface area contributed by atoms with E-state index in [1.165, 1.54) is 34.7 Å². The number of benzene rings is 1. The molecule has 0 unspecified atom stereocenters. The summed E-state index contributed by atoms with van der Waals surface area (Å²) in [6.07, 6.45) is 3.74. The molecule has 0 saturated carbocycles. The molecule has 2 aromatic rings. The van der Waals surface area contributed by atoms with Gasteiger partial charge in [0.15, 0.2) is 5.89 Å². The number of oxazole rings is 1. The largest absolute Gasteiger partial charge is 0.477 e. The van der Waals surface area contributed by atoms with Crippen molar-refractivity contribution in [3.05, 3.63) is 58.8 Å². The van der Waals surface area contributed by atoms with Gasteiger partial charge in [0.2, 0.25) is 5.91 Å². The van der Waals surface area contributed by atoms with Crippen LogP contribution in [0.2, 0.25) is 0 Å². The molecule has 0 spiro atoms. The van der Waals surface area contributed by atoms with Crippen molar-refractivity contribution < 1.29 is 19.1 Å². The molecule has 2 aliphatic rings. The Balaban J connectivity index is 1.53. The molecule has 0 aliphatic carbocycles. The molecule has 1 fully saturated rings. The molecule has 0 radical (unpaired) electrons. The minimum absolute atomic E-state index is 0.0503.